The summed E-state index contributed by atoms with van der Waals surface area (Å²) in [7, 11) is -3.55. The first-order chi connectivity index (χ1) is 8.23. The van der Waals surface area contributed by atoms with Gasteiger partial charge in [0.05, 0.1) is 16.0 Å². The Morgan fingerprint density at radius 3 is 2.44 bits per heavy atom. The molecule has 1 aliphatic carbocycles. The van der Waals surface area contributed by atoms with Crippen LogP contribution in [0.1, 0.15) is 30.1 Å². The molecule has 1 fully saturated rings. The summed E-state index contributed by atoms with van der Waals surface area (Å²) >= 11 is 0. The molecular weight excluding hydrogens is 258 g/mol. The second-order valence-corrected chi connectivity index (χ2v) is 6.83. The first-order valence-electron chi connectivity index (χ1n) is 5.33. The molecule has 0 amide bonds. The van der Waals surface area contributed by atoms with E-state index in [0.717, 1.165) is 6.07 Å². The Hall–Kier alpha value is -1.76. The molecular formula is C11H13NO5S. The van der Waals surface area contributed by atoms with Crippen LogP contribution in [-0.4, -0.2) is 29.3 Å². The fourth-order valence-electron chi connectivity index (χ4n) is 1.52. The zero-order valence-corrected chi connectivity index (χ0v) is 10.5. The molecule has 0 spiro atoms. The smallest absolute Gasteiger partial charge is 0.335 e. The Balaban J connectivity index is 2.32. The highest BCUT2D eigenvalue weighted by Gasteiger charge is 2.50. The van der Waals surface area contributed by atoms with E-state index >= 15 is 0 Å². The van der Waals surface area contributed by atoms with E-state index in [1.54, 1.807) is 6.92 Å². The lowest BCUT2D eigenvalue weighted by molar-refractivity contribution is 0.0696. The maximum absolute atomic E-state index is 11.9. The number of hydrogen-bond donors (Lipinski definition) is 3. The maximum Gasteiger partial charge on any atom is 0.335 e. The van der Waals surface area contributed by atoms with Crippen molar-refractivity contribution >= 4 is 21.7 Å². The summed E-state index contributed by atoms with van der Waals surface area (Å²) in [6.07, 6.45) is 1.15. The second kappa shape index (κ2) is 3.88. The zero-order valence-electron chi connectivity index (χ0n) is 9.67. The standard InChI is InChI=1S/C11H13NO5S/c1-11(2-3-11)18(16,17)12-8-4-7(10(14)15)5-9(13)6-8/h4-6,12-13H,2-3H2,1H3,(H,14,15). The van der Waals surface area contributed by atoms with Crippen LogP contribution in [0.25, 0.3) is 0 Å². The van der Waals surface area contributed by atoms with Gasteiger partial charge < -0.3 is 10.2 Å². The van der Waals surface area contributed by atoms with Crippen LogP contribution in [0.5, 0.6) is 5.75 Å². The Labute approximate surface area is 104 Å². The molecule has 2 rings (SSSR count). The molecule has 1 saturated carbocycles. The fourth-order valence-corrected chi connectivity index (χ4v) is 2.83. The third kappa shape index (κ3) is 2.26. The van der Waals surface area contributed by atoms with Crippen LogP contribution in [0.15, 0.2) is 18.2 Å². The number of benzene rings is 1. The summed E-state index contributed by atoms with van der Waals surface area (Å²) in [5.41, 5.74) is -0.117. The van der Waals surface area contributed by atoms with E-state index in [1.807, 2.05) is 0 Å². The van der Waals surface area contributed by atoms with Crippen molar-refractivity contribution in [2.45, 2.75) is 24.5 Å². The first-order valence-corrected chi connectivity index (χ1v) is 6.82. The maximum atomic E-state index is 11.9. The van der Waals surface area contributed by atoms with Gasteiger partial charge in [-0.05, 0) is 31.9 Å². The van der Waals surface area contributed by atoms with Crippen molar-refractivity contribution in [2.24, 2.45) is 0 Å². The molecule has 6 nitrogen and oxygen atoms in total. The van der Waals surface area contributed by atoms with Crippen molar-refractivity contribution in [1.29, 1.82) is 0 Å². The molecule has 1 aromatic rings. The molecule has 18 heavy (non-hydrogen) atoms. The average Bonchev–Trinajstić information content (AvgIpc) is 2.96. The summed E-state index contributed by atoms with van der Waals surface area (Å²) in [5.74, 6) is -1.53. The van der Waals surface area contributed by atoms with E-state index in [-0.39, 0.29) is 17.0 Å². The van der Waals surface area contributed by atoms with Gasteiger partial charge in [-0.1, -0.05) is 0 Å². The lowest BCUT2D eigenvalue weighted by atomic mass is 10.2. The summed E-state index contributed by atoms with van der Waals surface area (Å²) in [5, 5.41) is 18.2. The molecule has 98 valence electrons. The number of phenolic OH excluding ortho intramolecular Hbond substituents is 1. The highest BCUT2D eigenvalue weighted by Crippen LogP contribution is 2.43. The summed E-state index contributed by atoms with van der Waals surface area (Å²) in [6, 6.07) is 3.40. The molecule has 0 atom stereocenters. The normalized spacial score (nSPS) is 17.2. The van der Waals surface area contributed by atoms with Gasteiger partial charge in [0.1, 0.15) is 5.75 Å². The van der Waals surface area contributed by atoms with Crippen molar-refractivity contribution in [3.05, 3.63) is 23.8 Å². The number of sulfonamides is 1. The van der Waals surface area contributed by atoms with Gasteiger partial charge in [-0.2, -0.15) is 0 Å². The minimum atomic E-state index is -3.55. The third-order valence-electron chi connectivity index (χ3n) is 3.02. The summed E-state index contributed by atoms with van der Waals surface area (Å²) in [4.78, 5) is 10.8. The molecule has 0 unspecified atom stereocenters. The number of carboxylic acid groups (broad SMARTS) is 1. The predicted molar refractivity (Wildman–Crippen MR) is 65.2 cm³/mol. The number of aromatic hydroxyl groups is 1. The first kappa shape index (κ1) is 12.7. The monoisotopic (exact) mass is 271 g/mol. The molecule has 7 heteroatoms. The van der Waals surface area contributed by atoms with Gasteiger partial charge >= 0.3 is 5.97 Å². The van der Waals surface area contributed by atoms with Crippen molar-refractivity contribution in [1.82, 2.24) is 0 Å². The van der Waals surface area contributed by atoms with Crippen LogP contribution in [0, 0.1) is 0 Å². The van der Waals surface area contributed by atoms with Crippen LogP contribution in [0.3, 0.4) is 0 Å². The van der Waals surface area contributed by atoms with E-state index in [1.165, 1.54) is 12.1 Å². The minimum Gasteiger partial charge on any atom is -0.508 e. The number of phenols is 1. The van der Waals surface area contributed by atoms with Crippen LogP contribution in [0.4, 0.5) is 5.69 Å². The average molecular weight is 271 g/mol. The number of nitrogens with one attached hydrogen (secondary N) is 1. The van der Waals surface area contributed by atoms with E-state index in [9.17, 15) is 18.3 Å². The van der Waals surface area contributed by atoms with Gasteiger partial charge in [0, 0.05) is 6.07 Å². The van der Waals surface area contributed by atoms with Crippen LogP contribution in [-0.2, 0) is 10.0 Å². The quantitative estimate of drug-likeness (QED) is 0.767. The molecule has 1 aromatic carbocycles. The van der Waals surface area contributed by atoms with E-state index < -0.39 is 20.7 Å². The van der Waals surface area contributed by atoms with Gasteiger partial charge in [0.15, 0.2) is 0 Å². The number of carboxylic acids is 1. The van der Waals surface area contributed by atoms with Gasteiger partial charge in [0.2, 0.25) is 10.0 Å². The number of carbonyl (C=O) groups is 1. The Bertz CT molecular complexity index is 604. The van der Waals surface area contributed by atoms with Crippen molar-refractivity contribution in [3.8, 4) is 5.75 Å². The minimum absolute atomic E-state index is 0.0560. The van der Waals surface area contributed by atoms with Gasteiger partial charge in [-0.3, -0.25) is 4.72 Å². The van der Waals surface area contributed by atoms with Gasteiger partial charge in [0.25, 0.3) is 0 Å². The van der Waals surface area contributed by atoms with Gasteiger partial charge in [-0.25, -0.2) is 13.2 Å². The summed E-state index contributed by atoms with van der Waals surface area (Å²) in [6.45, 7) is 1.62. The highest BCUT2D eigenvalue weighted by molar-refractivity contribution is 7.94. The molecule has 0 saturated heterocycles. The van der Waals surface area contributed by atoms with E-state index in [2.05, 4.69) is 4.72 Å². The second-order valence-electron chi connectivity index (χ2n) is 4.63. The van der Waals surface area contributed by atoms with Crippen molar-refractivity contribution < 1.29 is 23.4 Å². The van der Waals surface area contributed by atoms with E-state index in [0.29, 0.717) is 12.8 Å². The number of anilines is 1. The molecule has 0 bridgehead atoms. The number of hydrogen-bond acceptors (Lipinski definition) is 4. The molecule has 0 aliphatic heterocycles. The predicted octanol–water partition coefficient (Wildman–Crippen LogP) is 1.38. The van der Waals surface area contributed by atoms with Crippen molar-refractivity contribution in [2.75, 3.05) is 4.72 Å². The number of aromatic carboxylic acids is 1. The number of rotatable bonds is 4. The molecule has 0 aromatic heterocycles. The van der Waals surface area contributed by atoms with Crippen LogP contribution in [0.2, 0.25) is 0 Å². The Kier molecular flexibility index (Phi) is 2.73. The molecule has 0 radical (unpaired) electrons. The third-order valence-corrected chi connectivity index (χ3v) is 5.23. The van der Waals surface area contributed by atoms with Crippen LogP contribution < -0.4 is 4.72 Å². The largest absolute Gasteiger partial charge is 0.508 e. The van der Waals surface area contributed by atoms with E-state index in [4.69, 9.17) is 5.11 Å². The SMILES string of the molecule is CC1(S(=O)(=O)Nc2cc(O)cc(C(=O)O)c2)CC1. The topological polar surface area (TPSA) is 104 Å². The Morgan fingerprint density at radius 2 is 1.94 bits per heavy atom. The lowest BCUT2D eigenvalue weighted by Crippen LogP contribution is -2.26. The molecule has 0 heterocycles. The summed E-state index contributed by atoms with van der Waals surface area (Å²) < 4.78 is 25.4. The Morgan fingerprint density at radius 1 is 1.33 bits per heavy atom. The van der Waals surface area contributed by atoms with Crippen molar-refractivity contribution in [3.63, 3.8) is 0 Å². The van der Waals surface area contributed by atoms with Crippen LogP contribution >= 0.6 is 0 Å². The zero-order chi connectivity index (χ0) is 13.6. The molecule has 3 N–H and O–H groups in total. The van der Waals surface area contributed by atoms with Gasteiger partial charge in [-0.15, -0.1) is 0 Å². The highest BCUT2D eigenvalue weighted by atomic mass is 32.2. The lowest BCUT2D eigenvalue weighted by Gasteiger charge is -2.13. The molecule has 1 aliphatic rings. The fraction of sp³-hybridized carbons (Fsp3) is 0.364.